The van der Waals surface area contributed by atoms with Crippen LogP contribution >= 0.6 is 0 Å². The number of unbranched alkanes of at least 4 members (excludes halogenated alkanes) is 9. The molecule has 0 spiro atoms. The summed E-state index contributed by atoms with van der Waals surface area (Å²) >= 11 is 0. The SMILES string of the molecule is CCCCCCCCCCCCC1(O)CCCC(CC)C1. The van der Waals surface area contributed by atoms with Gasteiger partial charge in [-0.25, -0.2) is 0 Å². The Labute approximate surface area is 133 Å². The third kappa shape index (κ3) is 8.86. The van der Waals surface area contributed by atoms with Crippen LogP contribution in [0.3, 0.4) is 0 Å². The van der Waals surface area contributed by atoms with Crippen LogP contribution in [0.25, 0.3) is 0 Å². The Balaban J connectivity index is 1.93. The van der Waals surface area contributed by atoms with Crippen molar-refractivity contribution < 1.29 is 5.11 Å². The molecular weight excluding hydrogens is 256 g/mol. The van der Waals surface area contributed by atoms with Gasteiger partial charge in [-0.2, -0.15) is 0 Å². The first kappa shape index (κ1) is 19.0. The van der Waals surface area contributed by atoms with Crippen LogP contribution < -0.4 is 0 Å². The summed E-state index contributed by atoms with van der Waals surface area (Å²) in [6.07, 6.45) is 20.9. The summed E-state index contributed by atoms with van der Waals surface area (Å²) < 4.78 is 0. The van der Waals surface area contributed by atoms with E-state index in [9.17, 15) is 5.11 Å². The number of rotatable bonds is 12. The molecule has 0 aromatic heterocycles. The lowest BCUT2D eigenvalue weighted by Crippen LogP contribution is -2.35. The van der Waals surface area contributed by atoms with E-state index in [1.807, 2.05) is 0 Å². The highest BCUT2D eigenvalue weighted by atomic mass is 16.3. The predicted octanol–water partition coefficient (Wildman–Crippen LogP) is 6.63. The van der Waals surface area contributed by atoms with E-state index in [2.05, 4.69) is 13.8 Å². The fraction of sp³-hybridized carbons (Fsp3) is 1.00. The van der Waals surface area contributed by atoms with Gasteiger partial charge < -0.3 is 5.11 Å². The van der Waals surface area contributed by atoms with Gasteiger partial charge in [-0.3, -0.25) is 0 Å². The standard InChI is InChI=1S/C20H40O/c1-3-5-6-7-8-9-10-11-12-13-16-20(21)17-14-15-19(4-2)18-20/h19,21H,3-18H2,1-2H3. The Bertz CT molecular complexity index is 238. The molecule has 0 saturated heterocycles. The van der Waals surface area contributed by atoms with Crippen LogP contribution in [0, 0.1) is 5.92 Å². The Morgan fingerprint density at radius 3 is 2.00 bits per heavy atom. The highest BCUT2D eigenvalue weighted by Crippen LogP contribution is 2.37. The van der Waals surface area contributed by atoms with E-state index in [1.165, 1.54) is 83.5 Å². The van der Waals surface area contributed by atoms with Crippen molar-refractivity contribution in [3.63, 3.8) is 0 Å². The van der Waals surface area contributed by atoms with Crippen molar-refractivity contribution in [3.8, 4) is 0 Å². The molecule has 1 nitrogen and oxygen atoms in total. The van der Waals surface area contributed by atoms with E-state index >= 15 is 0 Å². The first-order valence-corrected chi connectivity index (χ1v) is 9.92. The summed E-state index contributed by atoms with van der Waals surface area (Å²) in [6, 6.07) is 0. The van der Waals surface area contributed by atoms with Gasteiger partial charge in [0.2, 0.25) is 0 Å². The quantitative estimate of drug-likeness (QED) is 0.401. The van der Waals surface area contributed by atoms with Gasteiger partial charge in [0.15, 0.2) is 0 Å². The van der Waals surface area contributed by atoms with Crippen molar-refractivity contribution >= 4 is 0 Å². The van der Waals surface area contributed by atoms with Crippen LogP contribution in [-0.4, -0.2) is 10.7 Å². The number of aliphatic hydroxyl groups is 1. The van der Waals surface area contributed by atoms with E-state index in [0.29, 0.717) is 0 Å². The Morgan fingerprint density at radius 1 is 0.857 bits per heavy atom. The van der Waals surface area contributed by atoms with E-state index < -0.39 is 0 Å². The van der Waals surface area contributed by atoms with E-state index in [4.69, 9.17) is 0 Å². The van der Waals surface area contributed by atoms with Crippen molar-refractivity contribution in [1.29, 1.82) is 0 Å². The third-order valence-electron chi connectivity index (χ3n) is 5.50. The molecular formula is C20H40O. The van der Waals surface area contributed by atoms with Crippen LogP contribution in [0.15, 0.2) is 0 Å². The maximum Gasteiger partial charge on any atom is 0.0650 e. The third-order valence-corrected chi connectivity index (χ3v) is 5.50. The second-order valence-corrected chi connectivity index (χ2v) is 7.53. The summed E-state index contributed by atoms with van der Waals surface area (Å²) in [5, 5.41) is 10.7. The van der Waals surface area contributed by atoms with Gasteiger partial charge in [0.1, 0.15) is 0 Å². The molecule has 1 N–H and O–H groups in total. The molecule has 126 valence electrons. The number of hydrogen-bond donors (Lipinski definition) is 1. The highest BCUT2D eigenvalue weighted by molar-refractivity contribution is 4.85. The Morgan fingerprint density at radius 2 is 1.43 bits per heavy atom. The molecule has 0 heterocycles. The van der Waals surface area contributed by atoms with Crippen LogP contribution in [0.5, 0.6) is 0 Å². The van der Waals surface area contributed by atoms with Crippen molar-refractivity contribution in [2.75, 3.05) is 0 Å². The summed E-state index contributed by atoms with van der Waals surface area (Å²) in [5.41, 5.74) is -0.306. The van der Waals surface area contributed by atoms with Gasteiger partial charge >= 0.3 is 0 Å². The molecule has 1 aliphatic rings. The molecule has 1 aliphatic carbocycles. The molecule has 0 radical (unpaired) electrons. The maximum absolute atomic E-state index is 10.7. The molecule has 1 saturated carbocycles. The lowest BCUT2D eigenvalue weighted by atomic mass is 9.75. The van der Waals surface area contributed by atoms with Crippen molar-refractivity contribution in [1.82, 2.24) is 0 Å². The summed E-state index contributed by atoms with van der Waals surface area (Å²) in [4.78, 5) is 0. The minimum absolute atomic E-state index is 0.306. The topological polar surface area (TPSA) is 20.2 Å². The molecule has 1 rings (SSSR count). The average molecular weight is 297 g/mol. The normalized spacial score (nSPS) is 26.1. The smallest absolute Gasteiger partial charge is 0.0650 e. The van der Waals surface area contributed by atoms with Crippen LogP contribution in [0.2, 0.25) is 0 Å². The zero-order chi connectivity index (χ0) is 15.4. The molecule has 0 amide bonds. The minimum Gasteiger partial charge on any atom is -0.390 e. The zero-order valence-corrected chi connectivity index (χ0v) is 14.8. The highest BCUT2D eigenvalue weighted by Gasteiger charge is 2.32. The summed E-state index contributed by atoms with van der Waals surface area (Å²) in [5.74, 6) is 0.784. The van der Waals surface area contributed by atoms with Crippen LogP contribution in [0.1, 0.15) is 117 Å². The molecule has 1 fully saturated rings. The molecule has 1 heteroatoms. The Kier molecular flexibility index (Phi) is 10.4. The van der Waals surface area contributed by atoms with E-state index in [-0.39, 0.29) is 5.60 Å². The fourth-order valence-corrected chi connectivity index (χ4v) is 3.98. The largest absolute Gasteiger partial charge is 0.390 e. The number of hydrogen-bond acceptors (Lipinski definition) is 1. The maximum atomic E-state index is 10.7. The minimum atomic E-state index is -0.306. The molecule has 2 unspecified atom stereocenters. The zero-order valence-electron chi connectivity index (χ0n) is 14.8. The van der Waals surface area contributed by atoms with Gasteiger partial charge in [0.05, 0.1) is 5.60 Å². The van der Waals surface area contributed by atoms with Crippen molar-refractivity contribution in [2.24, 2.45) is 5.92 Å². The van der Waals surface area contributed by atoms with Gasteiger partial charge in [0, 0.05) is 0 Å². The first-order valence-electron chi connectivity index (χ1n) is 9.92. The second kappa shape index (κ2) is 11.5. The van der Waals surface area contributed by atoms with Gasteiger partial charge in [0.25, 0.3) is 0 Å². The first-order chi connectivity index (χ1) is 10.2. The average Bonchev–Trinajstić information content (AvgIpc) is 2.49. The van der Waals surface area contributed by atoms with Crippen LogP contribution in [0.4, 0.5) is 0 Å². The molecule has 0 aromatic rings. The molecule has 2 atom stereocenters. The van der Waals surface area contributed by atoms with E-state index in [1.54, 1.807) is 0 Å². The van der Waals surface area contributed by atoms with Gasteiger partial charge in [-0.15, -0.1) is 0 Å². The van der Waals surface area contributed by atoms with E-state index in [0.717, 1.165) is 25.2 Å². The van der Waals surface area contributed by atoms with Crippen molar-refractivity contribution in [3.05, 3.63) is 0 Å². The molecule has 0 bridgehead atoms. The van der Waals surface area contributed by atoms with Crippen molar-refractivity contribution in [2.45, 2.75) is 122 Å². The summed E-state index contributed by atoms with van der Waals surface area (Å²) in [6.45, 7) is 4.56. The summed E-state index contributed by atoms with van der Waals surface area (Å²) in [7, 11) is 0. The lowest BCUT2D eigenvalue weighted by Gasteiger charge is -2.36. The second-order valence-electron chi connectivity index (χ2n) is 7.53. The molecule has 21 heavy (non-hydrogen) atoms. The molecule has 0 aliphatic heterocycles. The van der Waals surface area contributed by atoms with Crippen LogP contribution in [-0.2, 0) is 0 Å². The predicted molar refractivity (Wildman–Crippen MR) is 93.7 cm³/mol. The Hall–Kier alpha value is -0.0400. The lowest BCUT2D eigenvalue weighted by molar-refractivity contribution is -0.0255. The van der Waals surface area contributed by atoms with Gasteiger partial charge in [-0.1, -0.05) is 97.3 Å². The fourth-order valence-electron chi connectivity index (χ4n) is 3.98. The van der Waals surface area contributed by atoms with Gasteiger partial charge in [-0.05, 0) is 25.2 Å². The monoisotopic (exact) mass is 296 g/mol. The molecule has 0 aromatic carbocycles.